The van der Waals surface area contributed by atoms with Gasteiger partial charge in [0, 0.05) is 59.3 Å². The number of nitrogens with zero attached hydrogens (tertiary/aromatic N) is 1. The maximum absolute atomic E-state index is 13.6. The molecule has 0 amide bonds. The van der Waals surface area contributed by atoms with Gasteiger partial charge in [-0.05, 0) is 49.2 Å². The van der Waals surface area contributed by atoms with Crippen molar-refractivity contribution in [3.05, 3.63) is 64.6 Å². The Balaban J connectivity index is 1.26. The van der Waals surface area contributed by atoms with Crippen molar-refractivity contribution in [2.24, 2.45) is 0 Å². The van der Waals surface area contributed by atoms with Crippen molar-refractivity contribution in [1.29, 1.82) is 0 Å². The van der Waals surface area contributed by atoms with Crippen molar-refractivity contribution >= 4 is 22.5 Å². The number of aliphatic hydroxyl groups excluding tert-OH is 2. The second kappa shape index (κ2) is 7.54. The molecule has 5 rings (SSSR count). The number of fused-ring (bicyclic) bond motifs is 2. The van der Waals surface area contributed by atoms with Gasteiger partial charge in [0.05, 0.1) is 12.2 Å². The highest BCUT2D eigenvalue weighted by atomic mass is 35.5. The van der Waals surface area contributed by atoms with E-state index in [1.807, 2.05) is 6.07 Å². The van der Waals surface area contributed by atoms with E-state index in [4.69, 9.17) is 16.3 Å². The molecule has 0 bridgehead atoms. The molecule has 5 nitrogen and oxygen atoms in total. The number of aliphatic hydroxyl groups is 2. The zero-order chi connectivity index (χ0) is 20.9. The van der Waals surface area contributed by atoms with Crippen LogP contribution in [0.1, 0.15) is 42.6 Å². The van der Waals surface area contributed by atoms with Gasteiger partial charge in [0.25, 0.3) is 0 Å². The molecule has 158 valence electrons. The smallest absolute Gasteiger partial charge is 0.126 e. The number of piperidine rings is 1. The van der Waals surface area contributed by atoms with Crippen LogP contribution >= 0.6 is 11.6 Å². The largest absolute Gasteiger partial charge is 0.487 e. The lowest BCUT2D eigenvalue weighted by molar-refractivity contribution is -0.0587. The first-order chi connectivity index (χ1) is 14.4. The molecule has 2 atom stereocenters. The molecule has 0 aliphatic carbocycles. The first-order valence-electron chi connectivity index (χ1n) is 10.3. The molecule has 0 radical (unpaired) electrons. The summed E-state index contributed by atoms with van der Waals surface area (Å²) in [6.07, 6.45) is 2.52. The summed E-state index contributed by atoms with van der Waals surface area (Å²) in [4.78, 5) is 5.29. The Morgan fingerprint density at radius 1 is 1.23 bits per heavy atom. The summed E-state index contributed by atoms with van der Waals surface area (Å²) in [6.45, 7) is 1.97. The van der Waals surface area contributed by atoms with Crippen molar-refractivity contribution < 1.29 is 19.3 Å². The van der Waals surface area contributed by atoms with Crippen molar-refractivity contribution in [1.82, 2.24) is 9.88 Å². The van der Waals surface area contributed by atoms with Crippen LogP contribution in [0, 0.1) is 5.82 Å². The summed E-state index contributed by atoms with van der Waals surface area (Å²) in [6, 6.07) is 9.92. The first-order valence-corrected chi connectivity index (χ1v) is 10.6. The van der Waals surface area contributed by atoms with Crippen molar-refractivity contribution in [3.63, 3.8) is 0 Å². The molecule has 0 saturated carbocycles. The Labute approximate surface area is 179 Å². The van der Waals surface area contributed by atoms with E-state index in [1.165, 1.54) is 12.1 Å². The van der Waals surface area contributed by atoms with Crippen LogP contribution < -0.4 is 4.74 Å². The molecule has 2 aromatic carbocycles. The highest BCUT2D eigenvalue weighted by Crippen LogP contribution is 2.45. The predicted molar refractivity (Wildman–Crippen MR) is 113 cm³/mol. The van der Waals surface area contributed by atoms with E-state index >= 15 is 0 Å². The summed E-state index contributed by atoms with van der Waals surface area (Å²) in [7, 11) is 0. The predicted octanol–water partition coefficient (Wildman–Crippen LogP) is 4.34. The lowest BCUT2D eigenvalue weighted by Crippen LogP contribution is -2.51. The number of rotatable bonds is 3. The van der Waals surface area contributed by atoms with Gasteiger partial charge in [-0.25, -0.2) is 4.39 Å². The number of aromatic amines is 1. The van der Waals surface area contributed by atoms with Crippen molar-refractivity contribution in [3.8, 4) is 5.75 Å². The molecule has 7 heteroatoms. The molecule has 1 fully saturated rings. The molecule has 2 aliphatic rings. The van der Waals surface area contributed by atoms with E-state index < -0.39 is 17.8 Å². The van der Waals surface area contributed by atoms with Crippen LogP contribution in [0.3, 0.4) is 0 Å². The fourth-order valence-corrected chi connectivity index (χ4v) is 4.97. The van der Waals surface area contributed by atoms with Gasteiger partial charge >= 0.3 is 0 Å². The van der Waals surface area contributed by atoms with Crippen LogP contribution in [0.2, 0.25) is 5.02 Å². The summed E-state index contributed by atoms with van der Waals surface area (Å²) in [5.41, 5.74) is 1.87. The van der Waals surface area contributed by atoms with Gasteiger partial charge in [-0.15, -0.1) is 0 Å². The molecular formula is C23H24ClFN2O3. The molecular weight excluding hydrogens is 407 g/mol. The minimum absolute atomic E-state index is 0.315. The lowest BCUT2D eigenvalue weighted by Gasteiger charge is -2.46. The number of H-pyrrole nitrogens is 1. The van der Waals surface area contributed by atoms with E-state index in [-0.39, 0.29) is 5.82 Å². The maximum Gasteiger partial charge on any atom is 0.126 e. The monoisotopic (exact) mass is 430 g/mol. The molecule has 3 N–H and O–H groups in total. The number of benzene rings is 2. The zero-order valence-corrected chi connectivity index (χ0v) is 17.2. The van der Waals surface area contributed by atoms with Crippen molar-refractivity contribution in [2.75, 3.05) is 19.6 Å². The number of aromatic nitrogens is 1. The van der Waals surface area contributed by atoms with E-state index in [9.17, 15) is 14.6 Å². The van der Waals surface area contributed by atoms with E-state index in [2.05, 4.69) is 9.88 Å². The Morgan fingerprint density at radius 2 is 2.03 bits per heavy atom. The average molecular weight is 431 g/mol. The van der Waals surface area contributed by atoms with Gasteiger partial charge in [0.1, 0.15) is 17.2 Å². The zero-order valence-electron chi connectivity index (χ0n) is 16.4. The summed E-state index contributed by atoms with van der Waals surface area (Å²) >= 11 is 6.05. The average Bonchev–Trinajstić information content (AvgIpc) is 3.14. The van der Waals surface area contributed by atoms with Crippen LogP contribution in [0.25, 0.3) is 10.9 Å². The van der Waals surface area contributed by atoms with Crippen LogP contribution in [-0.4, -0.2) is 45.3 Å². The van der Waals surface area contributed by atoms with Gasteiger partial charge in [0.15, 0.2) is 0 Å². The fourth-order valence-electron chi connectivity index (χ4n) is 4.79. The van der Waals surface area contributed by atoms with Crippen LogP contribution in [0.15, 0.2) is 42.6 Å². The number of hydrogen-bond acceptors (Lipinski definition) is 4. The molecule has 0 unspecified atom stereocenters. The van der Waals surface area contributed by atoms with Gasteiger partial charge in [0.2, 0.25) is 0 Å². The van der Waals surface area contributed by atoms with Gasteiger partial charge < -0.3 is 24.8 Å². The van der Waals surface area contributed by atoms with Gasteiger partial charge in [-0.3, -0.25) is 0 Å². The Bertz CT molecular complexity index is 1080. The summed E-state index contributed by atoms with van der Waals surface area (Å²) in [5, 5.41) is 22.7. The molecule has 30 heavy (non-hydrogen) atoms. The number of hydrogen-bond donors (Lipinski definition) is 3. The van der Waals surface area contributed by atoms with E-state index in [0.717, 1.165) is 37.0 Å². The standard InChI is InChI=1S/C23H24ClFN2O3/c24-14-1-4-22-17(9-14)20(28)11-23(30-22)5-7-27(8-6-23)13-21(29)18-12-26-19-3-2-15(25)10-16(18)19/h1-4,9-10,12,20-21,26,28-29H,5-8,11,13H2/t20-,21-/m1/s1. The molecule has 1 aromatic heterocycles. The van der Waals surface area contributed by atoms with Gasteiger partial charge in [-0.1, -0.05) is 11.6 Å². The third-order valence-electron chi connectivity index (χ3n) is 6.46. The molecule has 2 aliphatic heterocycles. The maximum atomic E-state index is 13.6. The van der Waals surface area contributed by atoms with Crippen molar-refractivity contribution in [2.45, 2.75) is 37.1 Å². The Kier molecular flexibility index (Phi) is 4.98. The number of ether oxygens (including phenoxy) is 1. The quantitative estimate of drug-likeness (QED) is 0.578. The molecule has 3 heterocycles. The number of halogens is 2. The Hall–Kier alpha value is -2.12. The third-order valence-corrected chi connectivity index (χ3v) is 6.69. The lowest BCUT2D eigenvalue weighted by atomic mass is 9.81. The van der Waals surface area contributed by atoms with E-state index in [1.54, 1.807) is 24.4 Å². The van der Waals surface area contributed by atoms with Crippen LogP contribution in [0.5, 0.6) is 5.75 Å². The third kappa shape index (κ3) is 3.58. The topological polar surface area (TPSA) is 68.7 Å². The number of likely N-dealkylation sites (tertiary alicyclic amines) is 1. The minimum Gasteiger partial charge on any atom is -0.487 e. The Morgan fingerprint density at radius 3 is 2.83 bits per heavy atom. The first kappa shape index (κ1) is 19.8. The van der Waals surface area contributed by atoms with Crippen LogP contribution in [-0.2, 0) is 0 Å². The second-order valence-corrected chi connectivity index (χ2v) is 8.87. The number of β-amino-alcohol motifs (C(OH)–C–C–N with tert-alkyl or cyclic N) is 1. The minimum atomic E-state index is -0.713. The molecule has 1 saturated heterocycles. The van der Waals surface area contributed by atoms with E-state index in [0.29, 0.717) is 34.7 Å². The SMILES string of the molecule is O[C@@H]1CC2(CCN(C[C@@H](O)c3c[nH]c4ccc(F)cc34)CC2)Oc2ccc(Cl)cc21. The molecule has 1 spiro atoms. The second-order valence-electron chi connectivity index (χ2n) is 8.44. The summed E-state index contributed by atoms with van der Waals surface area (Å²) in [5.74, 6) is 0.387. The fraction of sp³-hybridized carbons (Fsp3) is 0.391. The molecule has 3 aromatic rings. The highest BCUT2D eigenvalue weighted by Gasteiger charge is 2.43. The normalized spacial score (nSPS) is 22.1. The highest BCUT2D eigenvalue weighted by molar-refractivity contribution is 6.30. The van der Waals surface area contributed by atoms with Gasteiger partial charge in [-0.2, -0.15) is 0 Å². The van der Waals surface area contributed by atoms with Crippen LogP contribution in [0.4, 0.5) is 4.39 Å². The summed E-state index contributed by atoms with van der Waals surface area (Å²) < 4.78 is 20.0. The number of nitrogens with one attached hydrogen (secondary N) is 1.